The van der Waals surface area contributed by atoms with Gasteiger partial charge in [0.25, 0.3) is 0 Å². The molecule has 2 aromatic rings. The Kier molecular flexibility index (Phi) is 3.49. The summed E-state index contributed by atoms with van der Waals surface area (Å²) in [4.78, 5) is 6.62. The summed E-state index contributed by atoms with van der Waals surface area (Å²) in [6.45, 7) is 9.07. The highest BCUT2D eigenvalue weighted by Crippen LogP contribution is 2.26. The number of anilines is 1. The molecule has 5 heteroatoms. The van der Waals surface area contributed by atoms with E-state index < -0.39 is 0 Å². The van der Waals surface area contributed by atoms with Crippen molar-refractivity contribution < 1.29 is 0 Å². The fourth-order valence-electron chi connectivity index (χ4n) is 1.89. The lowest BCUT2D eigenvalue weighted by molar-refractivity contribution is 0.495. The molecule has 0 saturated heterocycles. The molecule has 0 aliphatic heterocycles. The van der Waals surface area contributed by atoms with Gasteiger partial charge >= 0.3 is 0 Å². The first-order chi connectivity index (χ1) is 8.86. The van der Waals surface area contributed by atoms with Crippen molar-refractivity contribution in [3.63, 3.8) is 0 Å². The Morgan fingerprint density at radius 2 is 2.11 bits per heavy atom. The van der Waals surface area contributed by atoms with Crippen LogP contribution in [0.1, 0.15) is 39.3 Å². The van der Waals surface area contributed by atoms with E-state index in [2.05, 4.69) is 48.7 Å². The normalized spacial score (nSPS) is 12.4. The molecule has 0 aliphatic rings. The van der Waals surface area contributed by atoms with Crippen LogP contribution in [0.2, 0.25) is 0 Å². The van der Waals surface area contributed by atoms with Gasteiger partial charge in [0.15, 0.2) is 5.82 Å². The van der Waals surface area contributed by atoms with Gasteiger partial charge in [-0.05, 0) is 25.8 Å². The van der Waals surface area contributed by atoms with Crippen LogP contribution in [-0.2, 0) is 0 Å². The molecule has 0 unspecified atom stereocenters. The van der Waals surface area contributed by atoms with Crippen LogP contribution in [0.4, 0.5) is 5.82 Å². The molecule has 2 rings (SSSR count). The molecular formula is C14H23N5. The Hall–Kier alpha value is -1.62. The van der Waals surface area contributed by atoms with E-state index in [1.165, 1.54) is 0 Å². The fraction of sp³-hybridized carbons (Fsp3) is 0.571. The Morgan fingerprint density at radius 3 is 2.68 bits per heavy atom. The second-order valence-corrected chi connectivity index (χ2v) is 5.88. The number of hydrogen-bond acceptors (Lipinski definition) is 4. The molecule has 0 aliphatic carbocycles. The summed E-state index contributed by atoms with van der Waals surface area (Å²) in [6.07, 6.45) is 3.66. The van der Waals surface area contributed by atoms with Gasteiger partial charge in [0.1, 0.15) is 5.52 Å². The molecule has 0 amide bonds. The Balaban J connectivity index is 2.55. The largest absolute Gasteiger partial charge is 0.351 e. The van der Waals surface area contributed by atoms with Gasteiger partial charge in [-0.2, -0.15) is 5.10 Å². The summed E-state index contributed by atoms with van der Waals surface area (Å²) in [5, 5.41) is 4.58. The maximum absolute atomic E-state index is 5.85. The lowest BCUT2D eigenvalue weighted by Gasteiger charge is -2.35. The van der Waals surface area contributed by atoms with Crippen LogP contribution in [0.25, 0.3) is 5.52 Å². The standard InChI is InChI=1S/C14H23N5/c1-10(2)11-8-12-13(16-6-7-19(12)17-11)18(5)14(3,4)9-15/h6-8,10H,9,15H2,1-5H3. The SMILES string of the molecule is CC(C)c1cc2c(N(C)C(C)(C)CN)nccn2n1. The average molecular weight is 261 g/mol. The van der Waals surface area contributed by atoms with E-state index in [1.54, 1.807) is 6.20 Å². The lowest BCUT2D eigenvalue weighted by atomic mass is 10.0. The first-order valence-electron chi connectivity index (χ1n) is 6.65. The molecule has 0 atom stereocenters. The van der Waals surface area contributed by atoms with E-state index in [1.807, 2.05) is 17.8 Å². The molecule has 0 spiro atoms. The molecule has 0 aromatic carbocycles. The van der Waals surface area contributed by atoms with Gasteiger partial charge in [-0.1, -0.05) is 13.8 Å². The molecule has 2 N–H and O–H groups in total. The first kappa shape index (κ1) is 13.8. The maximum Gasteiger partial charge on any atom is 0.154 e. The van der Waals surface area contributed by atoms with Gasteiger partial charge in [0, 0.05) is 31.5 Å². The summed E-state index contributed by atoms with van der Waals surface area (Å²) < 4.78 is 1.89. The summed E-state index contributed by atoms with van der Waals surface area (Å²) in [6, 6.07) is 2.11. The van der Waals surface area contributed by atoms with Gasteiger partial charge in [0.2, 0.25) is 0 Å². The molecule has 0 bridgehead atoms. The fourth-order valence-corrected chi connectivity index (χ4v) is 1.89. The van der Waals surface area contributed by atoms with Crippen LogP contribution < -0.4 is 10.6 Å². The summed E-state index contributed by atoms with van der Waals surface area (Å²) in [5.41, 5.74) is 7.81. The van der Waals surface area contributed by atoms with Crippen molar-refractivity contribution in [3.05, 3.63) is 24.2 Å². The molecule has 5 nitrogen and oxygen atoms in total. The first-order valence-corrected chi connectivity index (χ1v) is 6.65. The lowest BCUT2D eigenvalue weighted by Crippen LogP contribution is -2.47. The smallest absolute Gasteiger partial charge is 0.154 e. The van der Waals surface area contributed by atoms with Crippen molar-refractivity contribution in [2.75, 3.05) is 18.5 Å². The van der Waals surface area contributed by atoms with Crippen molar-refractivity contribution in [3.8, 4) is 0 Å². The third-order valence-corrected chi connectivity index (χ3v) is 3.71. The van der Waals surface area contributed by atoms with Gasteiger partial charge in [-0.25, -0.2) is 9.50 Å². The van der Waals surface area contributed by atoms with E-state index >= 15 is 0 Å². The van der Waals surface area contributed by atoms with Crippen LogP contribution in [-0.4, -0.2) is 33.7 Å². The van der Waals surface area contributed by atoms with E-state index in [0.717, 1.165) is 17.0 Å². The Bertz CT molecular complexity index is 570. The number of aromatic nitrogens is 3. The van der Waals surface area contributed by atoms with Gasteiger partial charge in [0.05, 0.1) is 5.69 Å². The summed E-state index contributed by atoms with van der Waals surface area (Å²) in [7, 11) is 2.03. The molecule has 0 radical (unpaired) electrons. The van der Waals surface area contributed by atoms with Gasteiger partial charge in [-0.3, -0.25) is 0 Å². The Morgan fingerprint density at radius 1 is 1.42 bits per heavy atom. The van der Waals surface area contributed by atoms with Gasteiger partial charge < -0.3 is 10.6 Å². The van der Waals surface area contributed by atoms with E-state index in [-0.39, 0.29) is 5.54 Å². The molecule has 2 heterocycles. The number of fused-ring (bicyclic) bond motifs is 1. The van der Waals surface area contributed by atoms with Crippen molar-refractivity contribution in [2.45, 2.75) is 39.2 Å². The second-order valence-electron chi connectivity index (χ2n) is 5.88. The second kappa shape index (κ2) is 4.81. The molecular weight excluding hydrogens is 238 g/mol. The van der Waals surface area contributed by atoms with Crippen molar-refractivity contribution in [1.82, 2.24) is 14.6 Å². The number of nitrogens with two attached hydrogens (primary N) is 1. The zero-order valence-electron chi connectivity index (χ0n) is 12.4. The maximum atomic E-state index is 5.85. The molecule has 0 saturated carbocycles. The third kappa shape index (κ3) is 2.42. The molecule has 2 aromatic heterocycles. The van der Waals surface area contributed by atoms with Crippen molar-refractivity contribution in [2.24, 2.45) is 5.73 Å². The highest BCUT2D eigenvalue weighted by Gasteiger charge is 2.25. The quantitative estimate of drug-likeness (QED) is 0.915. The van der Waals surface area contributed by atoms with Crippen molar-refractivity contribution >= 4 is 11.3 Å². The molecule has 104 valence electrons. The number of nitrogens with zero attached hydrogens (tertiary/aromatic N) is 4. The summed E-state index contributed by atoms with van der Waals surface area (Å²) >= 11 is 0. The van der Waals surface area contributed by atoms with Crippen LogP contribution in [0.5, 0.6) is 0 Å². The molecule has 0 fully saturated rings. The minimum Gasteiger partial charge on any atom is -0.351 e. The summed E-state index contributed by atoms with van der Waals surface area (Å²) in [5.74, 6) is 1.32. The minimum absolute atomic E-state index is 0.142. The Labute approximate surface area is 114 Å². The van der Waals surface area contributed by atoms with Crippen molar-refractivity contribution in [1.29, 1.82) is 0 Å². The highest BCUT2D eigenvalue weighted by molar-refractivity contribution is 5.69. The average Bonchev–Trinajstić information content (AvgIpc) is 2.81. The van der Waals surface area contributed by atoms with Gasteiger partial charge in [-0.15, -0.1) is 0 Å². The van der Waals surface area contributed by atoms with E-state index in [4.69, 9.17) is 5.73 Å². The zero-order chi connectivity index (χ0) is 14.2. The highest BCUT2D eigenvalue weighted by atomic mass is 15.3. The minimum atomic E-state index is -0.142. The van der Waals surface area contributed by atoms with E-state index in [9.17, 15) is 0 Å². The monoisotopic (exact) mass is 261 g/mol. The number of rotatable bonds is 4. The third-order valence-electron chi connectivity index (χ3n) is 3.71. The zero-order valence-corrected chi connectivity index (χ0v) is 12.4. The molecule has 19 heavy (non-hydrogen) atoms. The number of likely N-dealkylation sites (N-methyl/N-ethyl adjacent to an activating group) is 1. The predicted octanol–water partition coefficient (Wildman–Crippen LogP) is 2.03. The number of hydrogen-bond donors (Lipinski definition) is 1. The predicted molar refractivity (Wildman–Crippen MR) is 78.6 cm³/mol. The van der Waals surface area contributed by atoms with Crippen LogP contribution >= 0.6 is 0 Å². The van der Waals surface area contributed by atoms with Crippen LogP contribution in [0.15, 0.2) is 18.5 Å². The topological polar surface area (TPSA) is 59.5 Å². The van der Waals surface area contributed by atoms with Crippen LogP contribution in [0, 0.1) is 0 Å². The van der Waals surface area contributed by atoms with Crippen LogP contribution in [0.3, 0.4) is 0 Å². The van der Waals surface area contributed by atoms with E-state index in [0.29, 0.717) is 12.5 Å².